The molecule has 0 aliphatic carbocycles. The second kappa shape index (κ2) is 7.81. The lowest BCUT2D eigenvalue weighted by Gasteiger charge is -2.29. The number of piperazine rings is 1. The molecule has 1 aliphatic heterocycles. The Morgan fingerprint density at radius 3 is 2.81 bits per heavy atom. The molecule has 0 unspecified atom stereocenters. The quantitative estimate of drug-likeness (QED) is 0.659. The van der Waals surface area contributed by atoms with Gasteiger partial charge in [0.25, 0.3) is 0 Å². The molecule has 1 aromatic carbocycles. The Morgan fingerprint density at radius 2 is 2.10 bits per heavy atom. The van der Waals surface area contributed by atoms with E-state index in [1.165, 1.54) is 19.2 Å². The van der Waals surface area contributed by atoms with Crippen LogP contribution in [0.5, 0.6) is 5.75 Å². The van der Waals surface area contributed by atoms with Crippen LogP contribution in [0.25, 0.3) is 6.08 Å². The van der Waals surface area contributed by atoms with E-state index in [4.69, 9.17) is 4.74 Å². The number of nitrogens with one attached hydrogen (secondary N) is 1. The van der Waals surface area contributed by atoms with E-state index in [-0.39, 0.29) is 0 Å². The number of carboxylic acid groups (broad SMARTS) is 1. The number of likely N-dealkylation sites (N-methyl/N-ethyl adjacent to an activating group) is 1. The number of ether oxygens (including phenoxy) is 1. The van der Waals surface area contributed by atoms with Gasteiger partial charge in [0.1, 0.15) is 12.4 Å². The molecule has 0 radical (unpaired) electrons. The molecule has 0 atom stereocenters. The van der Waals surface area contributed by atoms with Gasteiger partial charge in [0.15, 0.2) is 0 Å². The molecule has 0 saturated carbocycles. The SMILES string of the molecule is C[NH+]1CCN(CCOc2ccccc2/C=C/C(=O)[O-])CC1. The number of hydrogen-bond donors (Lipinski definition) is 1. The maximum atomic E-state index is 10.5. The van der Waals surface area contributed by atoms with Crippen LogP contribution >= 0.6 is 0 Å². The molecule has 1 heterocycles. The van der Waals surface area contributed by atoms with Gasteiger partial charge in [-0.05, 0) is 18.2 Å². The second-order valence-electron chi connectivity index (χ2n) is 5.34. The van der Waals surface area contributed by atoms with E-state index in [9.17, 15) is 9.90 Å². The zero-order chi connectivity index (χ0) is 15.1. The highest BCUT2D eigenvalue weighted by molar-refractivity contribution is 5.84. The Kier molecular flexibility index (Phi) is 5.78. The molecule has 0 amide bonds. The molecule has 1 aliphatic rings. The molecule has 1 fully saturated rings. The number of aliphatic carboxylic acids is 1. The van der Waals surface area contributed by atoms with Crippen LogP contribution in [0.15, 0.2) is 30.3 Å². The summed E-state index contributed by atoms with van der Waals surface area (Å²) < 4.78 is 5.79. The first-order valence-electron chi connectivity index (χ1n) is 7.29. The van der Waals surface area contributed by atoms with Crippen molar-refractivity contribution in [3.05, 3.63) is 35.9 Å². The molecule has 0 bridgehead atoms. The van der Waals surface area contributed by atoms with E-state index in [1.807, 2.05) is 24.3 Å². The summed E-state index contributed by atoms with van der Waals surface area (Å²) >= 11 is 0. The maximum absolute atomic E-state index is 10.5. The molecule has 0 spiro atoms. The summed E-state index contributed by atoms with van der Waals surface area (Å²) in [6.07, 6.45) is 2.52. The van der Waals surface area contributed by atoms with E-state index < -0.39 is 5.97 Å². The first-order chi connectivity index (χ1) is 10.1. The molecule has 1 saturated heterocycles. The highest BCUT2D eigenvalue weighted by Gasteiger charge is 2.16. The van der Waals surface area contributed by atoms with Crippen molar-refractivity contribution >= 4 is 12.0 Å². The first kappa shape index (κ1) is 15.5. The summed E-state index contributed by atoms with van der Waals surface area (Å²) in [4.78, 5) is 14.5. The molecule has 2 rings (SSSR count). The predicted octanol–water partition coefficient (Wildman–Crippen LogP) is -1.34. The summed E-state index contributed by atoms with van der Waals surface area (Å²) in [6, 6.07) is 7.41. The lowest BCUT2D eigenvalue weighted by atomic mass is 10.2. The van der Waals surface area contributed by atoms with E-state index in [0.717, 1.165) is 31.3 Å². The lowest BCUT2D eigenvalue weighted by molar-refractivity contribution is -0.884. The summed E-state index contributed by atoms with van der Waals surface area (Å²) in [7, 11) is 2.22. The lowest BCUT2D eigenvalue weighted by Crippen LogP contribution is -3.12. The fourth-order valence-corrected chi connectivity index (χ4v) is 2.35. The molecule has 1 N–H and O–H groups in total. The van der Waals surface area contributed by atoms with Crippen LogP contribution in [0.2, 0.25) is 0 Å². The van der Waals surface area contributed by atoms with Gasteiger partial charge in [-0.3, -0.25) is 4.90 Å². The highest BCUT2D eigenvalue weighted by atomic mass is 16.5. The van der Waals surface area contributed by atoms with Gasteiger partial charge in [-0.2, -0.15) is 0 Å². The van der Waals surface area contributed by atoms with Crippen molar-refractivity contribution in [2.45, 2.75) is 0 Å². The van der Waals surface area contributed by atoms with Crippen molar-refractivity contribution in [1.82, 2.24) is 4.90 Å². The summed E-state index contributed by atoms with van der Waals surface area (Å²) in [5.74, 6) is -0.500. The number of carboxylic acids is 1. The normalized spacial score (nSPS) is 17.2. The predicted molar refractivity (Wildman–Crippen MR) is 79.0 cm³/mol. The van der Waals surface area contributed by atoms with Crippen molar-refractivity contribution in [2.24, 2.45) is 0 Å². The van der Waals surface area contributed by atoms with Crippen LogP contribution in [-0.2, 0) is 4.79 Å². The fourth-order valence-electron chi connectivity index (χ4n) is 2.35. The molecule has 0 aromatic heterocycles. The highest BCUT2D eigenvalue weighted by Crippen LogP contribution is 2.19. The number of nitrogens with zero attached hydrogens (tertiary/aromatic N) is 1. The number of quaternary nitrogens is 1. The standard InChI is InChI=1S/C16H22N2O3/c1-17-8-10-18(11-9-17)12-13-21-15-5-3-2-4-14(15)6-7-16(19)20/h2-7H,8-13H2,1H3,(H,19,20)/b7-6+. The topological polar surface area (TPSA) is 57.0 Å². The zero-order valence-corrected chi connectivity index (χ0v) is 12.4. The van der Waals surface area contributed by atoms with Crippen molar-refractivity contribution in [1.29, 1.82) is 0 Å². The van der Waals surface area contributed by atoms with Gasteiger partial charge in [-0.1, -0.05) is 18.2 Å². The third-order valence-electron chi connectivity index (χ3n) is 3.69. The van der Waals surface area contributed by atoms with E-state index in [0.29, 0.717) is 12.4 Å². The molecule has 5 heteroatoms. The first-order valence-corrected chi connectivity index (χ1v) is 7.29. The van der Waals surface area contributed by atoms with Crippen LogP contribution < -0.4 is 14.7 Å². The van der Waals surface area contributed by atoms with E-state index >= 15 is 0 Å². The summed E-state index contributed by atoms with van der Waals surface area (Å²) in [6.45, 7) is 6.04. The summed E-state index contributed by atoms with van der Waals surface area (Å²) in [5.41, 5.74) is 0.754. The number of benzene rings is 1. The molecule has 5 nitrogen and oxygen atoms in total. The van der Waals surface area contributed by atoms with E-state index in [1.54, 1.807) is 4.90 Å². The third kappa shape index (κ3) is 5.21. The van der Waals surface area contributed by atoms with Crippen molar-refractivity contribution < 1.29 is 19.5 Å². The average molecular weight is 290 g/mol. The Bertz CT molecular complexity index is 494. The Labute approximate surface area is 125 Å². The molecule has 1 aromatic rings. The van der Waals surface area contributed by atoms with Crippen LogP contribution in [0.4, 0.5) is 0 Å². The van der Waals surface area contributed by atoms with Crippen LogP contribution in [0.3, 0.4) is 0 Å². The zero-order valence-electron chi connectivity index (χ0n) is 12.4. The minimum absolute atomic E-state index is 0.606. The molecular formula is C16H22N2O3. The van der Waals surface area contributed by atoms with Gasteiger partial charge < -0.3 is 19.5 Å². The van der Waals surface area contributed by atoms with Gasteiger partial charge in [0.2, 0.25) is 0 Å². The smallest absolute Gasteiger partial charge is 0.126 e. The number of carbonyl (C=O) groups is 1. The van der Waals surface area contributed by atoms with Gasteiger partial charge in [0.05, 0.1) is 26.1 Å². The number of rotatable bonds is 6. The van der Waals surface area contributed by atoms with Gasteiger partial charge in [-0.25, -0.2) is 0 Å². The number of carbonyl (C=O) groups excluding carboxylic acids is 1. The molecular weight excluding hydrogens is 268 g/mol. The number of para-hydroxylation sites is 1. The van der Waals surface area contributed by atoms with Gasteiger partial charge >= 0.3 is 0 Å². The minimum atomic E-state index is -1.20. The van der Waals surface area contributed by atoms with Crippen molar-refractivity contribution in [2.75, 3.05) is 46.4 Å². The van der Waals surface area contributed by atoms with Crippen molar-refractivity contribution in [3.8, 4) is 5.75 Å². The van der Waals surface area contributed by atoms with Gasteiger partial charge in [-0.15, -0.1) is 0 Å². The molecule has 21 heavy (non-hydrogen) atoms. The average Bonchev–Trinajstić information content (AvgIpc) is 2.48. The van der Waals surface area contributed by atoms with E-state index in [2.05, 4.69) is 11.9 Å². The van der Waals surface area contributed by atoms with Crippen LogP contribution in [-0.4, -0.2) is 57.2 Å². The van der Waals surface area contributed by atoms with Gasteiger partial charge in [0, 0.05) is 25.2 Å². The Morgan fingerprint density at radius 1 is 1.38 bits per heavy atom. The van der Waals surface area contributed by atoms with Crippen molar-refractivity contribution in [3.63, 3.8) is 0 Å². The Balaban J connectivity index is 1.84. The third-order valence-corrected chi connectivity index (χ3v) is 3.69. The maximum Gasteiger partial charge on any atom is 0.126 e. The van der Waals surface area contributed by atoms with Crippen LogP contribution in [0.1, 0.15) is 5.56 Å². The minimum Gasteiger partial charge on any atom is -0.545 e. The monoisotopic (exact) mass is 290 g/mol. The van der Waals surface area contributed by atoms with Crippen LogP contribution in [0, 0.1) is 0 Å². The summed E-state index contributed by atoms with van der Waals surface area (Å²) in [5, 5.41) is 10.5. The fraction of sp³-hybridized carbons (Fsp3) is 0.438. The second-order valence-corrected chi connectivity index (χ2v) is 5.34. The Hall–Kier alpha value is -1.85. The number of hydrogen-bond acceptors (Lipinski definition) is 4. The largest absolute Gasteiger partial charge is 0.545 e. The molecule has 114 valence electrons.